The lowest BCUT2D eigenvalue weighted by Crippen LogP contribution is -2.41. The third-order valence-corrected chi connectivity index (χ3v) is 4.58. The van der Waals surface area contributed by atoms with Crippen LogP contribution in [0.5, 0.6) is 0 Å². The van der Waals surface area contributed by atoms with Gasteiger partial charge in [0.2, 0.25) is 11.8 Å². The van der Waals surface area contributed by atoms with E-state index in [9.17, 15) is 14.0 Å². The van der Waals surface area contributed by atoms with Crippen molar-refractivity contribution in [3.05, 3.63) is 65.0 Å². The fraction of sp³-hybridized carbons (Fsp3) is 0.263. The minimum absolute atomic E-state index is 0.0264. The van der Waals surface area contributed by atoms with Crippen LogP contribution in [0.2, 0.25) is 0 Å². The van der Waals surface area contributed by atoms with Gasteiger partial charge in [-0.25, -0.2) is 4.39 Å². The molecule has 0 saturated carbocycles. The molecule has 25 heavy (non-hydrogen) atoms. The molecule has 5 nitrogen and oxygen atoms in total. The van der Waals surface area contributed by atoms with Crippen molar-refractivity contribution in [1.29, 1.82) is 0 Å². The maximum absolute atomic E-state index is 13.3. The Hall–Kier alpha value is -2.89. The van der Waals surface area contributed by atoms with Gasteiger partial charge >= 0.3 is 0 Å². The van der Waals surface area contributed by atoms with E-state index in [1.807, 2.05) is 6.92 Å². The molecule has 0 aromatic heterocycles. The van der Waals surface area contributed by atoms with Gasteiger partial charge in [0.15, 0.2) is 0 Å². The van der Waals surface area contributed by atoms with Gasteiger partial charge in [-0.1, -0.05) is 6.07 Å². The van der Waals surface area contributed by atoms with Crippen molar-refractivity contribution in [3.8, 4) is 0 Å². The van der Waals surface area contributed by atoms with Crippen LogP contribution >= 0.6 is 0 Å². The number of primary amides is 1. The van der Waals surface area contributed by atoms with Crippen molar-refractivity contribution in [2.75, 3.05) is 18.4 Å². The Bertz CT molecular complexity index is 805. The number of nitrogens with two attached hydrogens (primary N) is 1. The third-order valence-electron chi connectivity index (χ3n) is 4.58. The van der Waals surface area contributed by atoms with Crippen LogP contribution in [0.25, 0.3) is 0 Å². The van der Waals surface area contributed by atoms with E-state index in [0.29, 0.717) is 18.5 Å². The molecule has 1 atom stereocenters. The molecule has 0 spiro atoms. The number of nitrogens with one attached hydrogen (secondary N) is 1. The number of amides is 2. The monoisotopic (exact) mass is 341 g/mol. The SMILES string of the molecule is C[C@@H]1c2ccc(F)cc2CCN1C(=O)CNc1ccc(C(N)=O)cc1. The van der Waals surface area contributed by atoms with Crippen LogP contribution in [0.1, 0.15) is 34.5 Å². The van der Waals surface area contributed by atoms with Gasteiger partial charge in [-0.05, 0) is 60.9 Å². The predicted molar refractivity (Wildman–Crippen MR) is 93.7 cm³/mol. The van der Waals surface area contributed by atoms with E-state index in [0.717, 1.165) is 16.8 Å². The molecule has 1 aliphatic heterocycles. The molecule has 2 amide bonds. The highest BCUT2D eigenvalue weighted by Crippen LogP contribution is 2.29. The van der Waals surface area contributed by atoms with E-state index < -0.39 is 5.91 Å². The maximum atomic E-state index is 13.3. The van der Waals surface area contributed by atoms with Crippen molar-refractivity contribution < 1.29 is 14.0 Å². The van der Waals surface area contributed by atoms with E-state index in [4.69, 9.17) is 5.73 Å². The largest absolute Gasteiger partial charge is 0.376 e. The molecule has 6 heteroatoms. The lowest BCUT2D eigenvalue weighted by atomic mass is 9.93. The number of fused-ring (bicyclic) bond motifs is 1. The summed E-state index contributed by atoms with van der Waals surface area (Å²) in [4.78, 5) is 25.4. The molecule has 130 valence electrons. The number of nitrogens with zero attached hydrogens (tertiary/aromatic N) is 1. The minimum Gasteiger partial charge on any atom is -0.376 e. The molecule has 3 rings (SSSR count). The number of benzene rings is 2. The first-order valence-corrected chi connectivity index (χ1v) is 8.17. The van der Waals surface area contributed by atoms with Crippen molar-refractivity contribution in [3.63, 3.8) is 0 Å². The number of carbonyl (C=O) groups is 2. The average molecular weight is 341 g/mol. The van der Waals surface area contributed by atoms with Gasteiger partial charge in [0.05, 0.1) is 12.6 Å². The van der Waals surface area contributed by atoms with Crippen molar-refractivity contribution in [1.82, 2.24) is 4.90 Å². The zero-order valence-electron chi connectivity index (χ0n) is 14.0. The summed E-state index contributed by atoms with van der Waals surface area (Å²) in [6.07, 6.45) is 0.649. The molecule has 0 saturated heterocycles. The number of hydrogen-bond acceptors (Lipinski definition) is 3. The van der Waals surface area contributed by atoms with Crippen LogP contribution in [0, 0.1) is 5.82 Å². The highest BCUT2D eigenvalue weighted by molar-refractivity contribution is 5.93. The fourth-order valence-electron chi connectivity index (χ4n) is 3.17. The summed E-state index contributed by atoms with van der Waals surface area (Å²) in [7, 11) is 0. The van der Waals surface area contributed by atoms with Crippen LogP contribution in [0.15, 0.2) is 42.5 Å². The van der Waals surface area contributed by atoms with Crippen LogP contribution < -0.4 is 11.1 Å². The first-order valence-electron chi connectivity index (χ1n) is 8.17. The molecule has 3 N–H and O–H groups in total. The molecule has 1 heterocycles. The number of halogens is 1. The van der Waals surface area contributed by atoms with Crippen LogP contribution in [-0.2, 0) is 11.2 Å². The molecule has 1 aliphatic rings. The normalized spacial score (nSPS) is 16.2. The Morgan fingerprint density at radius 3 is 2.64 bits per heavy atom. The van der Waals surface area contributed by atoms with Gasteiger partial charge in [-0.3, -0.25) is 9.59 Å². The van der Waals surface area contributed by atoms with Crippen molar-refractivity contribution in [2.24, 2.45) is 5.73 Å². The summed E-state index contributed by atoms with van der Waals surface area (Å²) in [6.45, 7) is 2.67. The summed E-state index contributed by atoms with van der Waals surface area (Å²) in [5.41, 5.74) is 8.32. The second-order valence-corrected chi connectivity index (χ2v) is 6.15. The van der Waals surface area contributed by atoms with Gasteiger partial charge in [-0.2, -0.15) is 0 Å². The quantitative estimate of drug-likeness (QED) is 0.897. The summed E-state index contributed by atoms with van der Waals surface area (Å²) < 4.78 is 13.3. The number of carbonyl (C=O) groups excluding carboxylic acids is 2. The topological polar surface area (TPSA) is 75.4 Å². The van der Waals surface area contributed by atoms with Crippen LogP contribution in [0.3, 0.4) is 0 Å². The molecular weight excluding hydrogens is 321 g/mol. The molecule has 2 aromatic carbocycles. The van der Waals surface area contributed by atoms with Gasteiger partial charge in [0.25, 0.3) is 0 Å². The summed E-state index contributed by atoms with van der Waals surface area (Å²) in [5, 5.41) is 3.06. The van der Waals surface area contributed by atoms with Crippen molar-refractivity contribution >= 4 is 17.5 Å². The lowest BCUT2D eigenvalue weighted by Gasteiger charge is -2.35. The Labute approximate surface area is 145 Å². The minimum atomic E-state index is -0.486. The first-order chi connectivity index (χ1) is 12.0. The van der Waals surface area contributed by atoms with Gasteiger partial charge < -0.3 is 16.0 Å². The smallest absolute Gasteiger partial charge is 0.248 e. The molecule has 0 aliphatic carbocycles. The Morgan fingerprint density at radius 2 is 1.96 bits per heavy atom. The lowest BCUT2D eigenvalue weighted by molar-refractivity contribution is -0.131. The first kappa shape index (κ1) is 17.0. The van der Waals surface area contributed by atoms with E-state index in [1.54, 1.807) is 41.3 Å². The Kier molecular flexibility index (Phi) is 4.70. The highest BCUT2D eigenvalue weighted by atomic mass is 19.1. The predicted octanol–water partition coefficient (Wildman–Crippen LogP) is 2.48. The maximum Gasteiger partial charge on any atom is 0.248 e. The molecule has 2 aromatic rings. The summed E-state index contributed by atoms with van der Waals surface area (Å²) in [6, 6.07) is 11.3. The highest BCUT2D eigenvalue weighted by Gasteiger charge is 2.27. The molecule has 0 radical (unpaired) electrons. The molecular formula is C19H20FN3O2. The van der Waals surface area contributed by atoms with Gasteiger partial charge in [0.1, 0.15) is 5.82 Å². The Balaban J connectivity index is 1.63. The number of anilines is 1. The molecule has 0 unspecified atom stereocenters. The fourth-order valence-corrected chi connectivity index (χ4v) is 3.17. The van der Waals surface area contributed by atoms with Crippen molar-refractivity contribution in [2.45, 2.75) is 19.4 Å². The zero-order valence-corrected chi connectivity index (χ0v) is 14.0. The molecule has 0 fully saturated rings. The third kappa shape index (κ3) is 3.63. The molecule has 0 bridgehead atoms. The number of hydrogen-bond donors (Lipinski definition) is 2. The summed E-state index contributed by atoms with van der Waals surface area (Å²) in [5.74, 6) is -0.756. The van der Waals surface area contributed by atoms with Crippen LogP contribution in [0.4, 0.5) is 10.1 Å². The van der Waals surface area contributed by atoms with E-state index in [2.05, 4.69) is 5.32 Å². The second kappa shape index (κ2) is 6.93. The van der Waals surface area contributed by atoms with E-state index in [-0.39, 0.29) is 24.3 Å². The summed E-state index contributed by atoms with van der Waals surface area (Å²) >= 11 is 0. The van der Waals surface area contributed by atoms with Gasteiger partial charge in [-0.15, -0.1) is 0 Å². The second-order valence-electron chi connectivity index (χ2n) is 6.15. The van der Waals surface area contributed by atoms with E-state index >= 15 is 0 Å². The van der Waals surface area contributed by atoms with Gasteiger partial charge in [0, 0.05) is 17.8 Å². The number of rotatable bonds is 4. The Morgan fingerprint density at radius 1 is 1.24 bits per heavy atom. The standard InChI is InChI=1S/C19H20FN3O2/c1-12-17-7-4-15(20)10-14(17)8-9-23(12)18(24)11-22-16-5-2-13(3-6-16)19(21)25/h2-7,10,12,22H,8-9,11H2,1H3,(H2,21,25)/t12-/m1/s1. The van der Waals surface area contributed by atoms with Crippen LogP contribution in [-0.4, -0.2) is 29.8 Å². The zero-order chi connectivity index (χ0) is 18.0. The average Bonchev–Trinajstić information content (AvgIpc) is 2.60. The van der Waals surface area contributed by atoms with E-state index in [1.165, 1.54) is 6.07 Å².